The van der Waals surface area contributed by atoms with Gasteiger partial charge in [0.15, 0.2) is 0 Å². The summed E-state index contributed by atoms with van der Waals surface area (Å²) in [5.41, 5.74) is -0.342. The Morgan fingerprint density at radius 3 is 2.89 bits per heavy atom. The summed E-state index contributed by atoms with van der Waals surface area (Å²) in [7, 11) is 1.67. The topological polar surface area (TPSA) is 78.4 Å². The zero-order chi connectivity index (χ0) is 13.7. The zero-order valence-corrected chi connectivity index (χ0v) is 11.7. The molecule has 1 aliphatic rings. The lowest BCUT2D eigenvalue weighted by Crippen LogP contribution is -2.40. The summed E-state index contributed by atoms with van der Waals surface area (Å²) in [4.78, 5) is 12.0. The summed E-state index contributed by atoms with van der Waals surface area (Å²) < 4.78 is 16.1. The molecule has 0 radical (unpaired) electrons. The molecule has 2 rings (SSSR count). The van der Waals surface area contributed by atoms with Crippen molar-refractivity contribution in [3.63, 3.8) is 0 Å². The molecule has 0 bridgehead atoms. The highest BCUT2D eigenvalue weighted by molar-refractivity contribution is 6.28. The summed E-state index contributed by atoms with van der Waals surface area (Å²) >= 11 is 5.81. The van der Waals surface area contributed by atoms with Gasteiger partial charge in [-0.05, 0) is 18.5 Å². The summed E-state index contributed by atoms with van der Waals surface area (Å²) in [5, 5.41) is 3.18. The van der Waals surface area contributed by atoms with Crippen LogP contribution in [0.4, 0.5) is 5.95 Å². The van der Waals surface area contributed by atoms with Gasteiger partial charge in [-0.15, -0.1) is 0 Å². The van der Waals surface area contributed by atoms with Gasteiger partial charge in [0.1, 0.15) is 5.60 Å². The fraction of sp³-hybridized carbons (Fsp3) is 0.727. The predicted octanol–water partition coefficient (Wildman–Crippen LogP) is 1.14. The standard InChI is InChI=1S/C11H17ClN4O3/c1-3-19-10-15-8(12)14-9(16-10)13-6-11(17-2)4-5-18-7-11/h3-7H2,1-2H3,(H,13,14,15,16). The van der Waals surface area contributed by atoms with E-state index < -0.39 is 0 Å². The Morgan fingerprint density at radius 1 is 1.42 bits per heavy atom. The molecule has 1 atom stereocenters. The van der Waals surface area contributed by atoms with Crippen LogP contribution in [-0.2, 0) is 9.47 Å². The molecule has 0 amide bonds. The van der Waals surface area contributed by atoms with Crippen LogP contribution in [0.5, 0.6) is 6.01 Å². The van der Waals surface area contributed by atoms with Crippen LogP contribution in [0.1, 0.15) is 13.3 Å². The maximum atomic E-state index is 5.81. The molecule has 0 saturated carbocycles. The van der Waals surface area contributed by atoms with Crippen molar-refractivity contribution in [2.45, 2.75) is 18.9 Å². The van der Waals surface area contributed by atoms with E-state index in [1.54, 1.807) is 7.11 Å². The lowest BCUT2D eigenvalue weighted by atomic mass is 10.0. The van der Waals surface area contributed by atoms with Crippen molar-refractivity contribution in [1.29, 1.82) is 0 Å². The van der Waals surface area contributed by atoms with Crippen LogP contribution in [0, 0.1) is 0 Å². The summed E-state index contributed by atoms with van der Waals surface area (Å²) in [6.07, 6.45) is 0.827. The second kappa shape index (κ2) is 6.31. The third-order valence-electron chi connectivity index (χ3n) is 2.93. The van der Waals surface area contributed by atoms with E-state index in [0.717, 1.165) is 6.42 Å². The average molecular weight is 289 g/mol. The predicted molar refractivity (Wildman–Crippen MR) is 69.7 cm³/mol. The maximum Gasteiger partial charge on any atom is 0.322 e. The number of halogens is 1. The molecular formula is C11H17ClN4O3. The molecule has 7 nitrogen and oxygen atoms in total. The lowest BCUT2D eigenvalue weighted by molar-refractivity contribution is -0.00632. The second-order valence-corrected chi connectivity index (χ2v) is 4.52. The van der Waals surface area contributed by atoms with E-state index in [0.29, 0.717) is 32.3 Å². The third kappa shape index (κ3) is 3.65. The van der Waals surface area contributed by atoms with E-state index in [-0.39, 0.29) is 16.9 Å². The maximum absolute atomic E-state index is 5.81. The minimum atomic E-state index is -0.342. The first-order valence-electron chi connectivity index (χ1n) is 6.08. The van der Waals surface area contributed by atoms with Crippen molar-refractivity contribution >= 4 is 17.5 Å². The quantitative estimate of drug-likeness (QED) is 0.841. The Morgan fingerprint density at radius 2 is 2.26 bits per heavy atom. The zero-order valence-electron chi connectivity index (χ0n) is 11.0. The highest BCUT2D eigenvalue weighted by atomic mass is 35.5. The largest absolute Gasteiger partial charge is 0.464 e. The smallest absolute Gasteiger partial charge is 0.322 e. The number of nitrogens with zero attached hydrogens (tertiary/aromatic N) is 3. The van der Waals surface area contributed by atoms with Crippen molar-refractivity contribution in [2.75, 3.05) is 38.8 Å². The summed E-state index contributed by atoms with van der Waals surface area (Å²) in [6.45, 7) is 4.09. The number of rotatable bonds is 6. The van der Waals surface area contributed by atoms with E-state index in [1.165, 1.54) is 0 Å². The SMILES string of the molecule is CCOc1nc(Cl)nc(NCC2(OC)CCOC2)n1. The van der Waals surface area contributed by atoms with Gasteiger partial charge in [-0.1, -0.05) is 0 Å². The van der Waals surface area contributed by atoms with Gasteiger partial charge in [-0.25, -0.2) is 0 Å². The molecule has 1 unspecified atom stereocenters. The number of ether oxygens (including phenoxy) is 3. The van der Waals surface area contributed by atoms with Crippen LogP contribution in [0.2, 0.25) is 5.28 Å². The molecular weight excluding hydrogens is 272 g/mol. The number of methoxy groups -OCH3 is 1. The van der Waals surface area contributed by atoms with Gasteiger partial charge in [0.2, 0.25) is 11.2 Å². The first-order chi connectivity index (χ1) is 9.17. The van der Waals surface area contributed by atoms with Crippen LogP contribution < -0.4 is 10.1 Å². The molecule has 1 aliphatic heterocycles. The first-order valence-corrected chi connectivity index (χ1v) is 6.46. The van der Waals surface area contributed by atoms with Crippen LogP contribution >= 0.6 is 11.6 Å². The molecule has 19 heavy (non-hydrogen) atoms. The summed E-state index contributed by atoms with van der Waals surface area (Å²) in [5.74, 6) is 0.367. The molecule has 0 aromatic carbocycles. The Bertz CT molecular complexity index is 426. The Balaban J connectivity index is 2.02. The van der Waals surface area contributed by atoms with E-state index in [9.17, 15) is 0 Å². The van der Waals surface area contributed by atoms with Crippen LogP contribution in [0.3, 0.4) is 0 Å². The first kappa shape index (κ1) is 14.2. The van der Waals surface area contributed by atoms with E-state index in [2.05, 4.69) is 20.3 Å². The monoisotopic (exact) mass is 288 g/mol. The Labute approximate surface area is 116 Å². The molecule has 0 aliphatic carbocycles. The van der Waals surface area contributed by atoms with Crippen LogP contribution in [0.25, 0.3) is 0 Å². The van der Waals surface area contributed by atoms with Crippen molar-refractivity contribution in [2.24, 2.45) is 0 Å². The molecule has 1 aromatic rings. The fourth-order valence-corrected chi connectivity index (χ4v) is 1.96. The minimum Gasteiger partial charge on any atom is -0.464 e. The number of hydrogen-bond donors (Lipinski definition) is 1. The van der Waals surface area contributed by atoms with Crippen molar-refractivity contribution < 1.29 is 14.2 Å². The molecule has 1 aromatic heterocycles. The number of hydrogen-bond acceptors (Lipinski definition) is 7. The van der Waals surface area contributed by atoms with E-state index in [1.807, 2.05) is 6.92 Å². The molecule has 106 valence electrons. The van der Waals surface area contributed by atoms with Crippen LogP contribution in [-0.4, -0.2) is 54.0 Å². The Hall–Kier alpha value is -1.18. The van der Waals surface area contributed by atoms with E-state index in [4.69, 9.17) is 25.8 Å². The minimum absolute atomic E-state index is 0.0927. The molecule has 1 N–H and O–H groups in total. The molecule has 8 heteroatoms. The fourth-order valence-electron chi connectivity index (χ4n) is 1.81. The molecule has 1 saturated heterocycles. The highest BCUT2D eigenvalue weighted by Gasteiger charge is 2.35. The lowest BCUT2D eigenvalue weighted by Gasteiger charge is -2.25. The van der Waals surface area contributed by atoms with Gasteiger partial charge in [0.25, 0.3) is 0 Å². The van der Waals surface area contributed by atoms with Crippen molar-refractivity contribution in [3.05, 3.63) is 5.28 Å². The van der Waals surface area contributed by atoms with Crippen molar-refractivity contribution in [3.8, 4) is 6.01 Å². The third-order valence-corrected chi connectivity index (χ3v) is 3.10. The number of nitrogens with one attached hydrogen (secondary N) is 1. The number of anilines is 1. The van der Waals surface area contributed by atoms with Gasteiger partial charge < -0.3 is 19.5 Å². The second-order valence-electron chi connectivity index (χ2n) is 4.19. The van der Waals surface area contributed by atoms with Gasteiger partial charge in [0.05, 0.1) is 13.2 Å². The van der Waals surface area contributed by atoms with Gasteiger partial charge >= 0.3 is 6.01 Å². The number of aromatic nitrogens is 3. The van der Waals surface area contributed by atoms with Gasteiger partial charge in [-0.2, -0.15) is 15.0 Å². The average Bonchev–Trinajstić information content (AvgIpc) is 2.86. The van der Waals surface area contributed by atoms with Crippen molar-refractivity contribution in [1.82, 2.24) is 15.0 Å². The Kier molecular flexibility index (Phi) is 4.73. The van der Waals surface area contributed by atoms with Gasteiger partial charge in [0, 0.05) is 26.7 Å². The van der Waals surface area contributed by atoms with Gasteiger partial charge in [-0.3, -0.25) is 0 Å². The molecule has 1 fully saturated rings. The highest BCUT2D eigenvalue weighted by Crippen LogP contribution is 2.23. The summed E-state index contributed by atoms with van der Waals surface area (Å²) in [6, 6.07) is 0.208. The molecule has 0 spiro atoms. The van der Waals surface area contributed by atoms with E-state index >= 15 is 0 Å². The van der Waals surface area contributed by atoms with Crippen LogP contribution in [0.15, 0.2) is 0 Å². The molecule has 2 heterocycles. The normalized spacial score (nSPS) is 22.5.